The van der Waals surface area contributed by atoms with Crippen LogP contribution >= 0.6 is 34.5 Å². The summed E-state index contributed by atoms with van der Waals surface area (Å²) in [6.07, 6.45) is -0.0495. The monoisotopic (exact) mass is 345 g/mol. The number of rotatable bonds is 4. The van der Waals surface area contributed by atoms with E-state index in [2.05, 4.69) is 4.98 Å². The Bertz CT molecular complexity index is 675. The Morgan fingerprint density at radius 2 is 1.90 bits per heavy atom. The maximum atomic E-state index is 11.1. The van der Waals surface area contributed by atoms with Crippen molar-refractivity contribution in [3.63, 3.8) is 0 Å². The quantitative estimate of drug-likeness (QED) is 0.854. The molecule has 0 aliphatic rings. The molecule has 2 rings (SSSR count). The minimum absolute atomic E-state index is 0.0495. The molecule has 0 unspecified atom stereocenters. The van der Waals surface area contributed by atoms with E-state index in [0.717, 1.165) is 11.3 Å². The second kappa shape index (κ2) is 6.22. The SMILES string of the molecule is Cc1nc(-c2cc(Cl)c(OC(C)C)c(Cl)c2)sc1C(=O)O. The Kier molecular flexibility index (Phi) is 4.76. The molecule has 0 aliphatic heterocycles. The predicted molar refractivity (Wildman–Crippen MR) is 85.0 cm³/mol. The van der Waals surface area contributed by atoms with Crippen molar-refractivity contribution >= 4 is 40.5 Å². The number of benzene rings is 1. The van der Waals surface area contributed by atoms with Gasteiger partial charge >= 0.3 is 5.97 Å². The first kappa shape index (κ1) is 16.1. The number of thiazole rings is 1. The third-order valence-electron chi connectivity index (χ3n) is 2.59. The van der Waals surface area contributed by atoms with Crippen LogP contribution in [0.5, 0.6) is 5.75 Å². The van der Waals surface area contributed by atoms with E-state index in [4.69, 9.17) is 33.0 Å². The summed E-state index contributed by atoms with van der Waals surface area (Å²) < 4.78 is 5.56. The first-order valence-corrected chi connectivity index (χ1v) is 7.73. The molecule has 7 heteroatoms. The molecule has 0 saturated heterocycles. The molecule has 4 nitrogen and oxygen atoms in total. The summed E-state index contributed by atoms with van der Waals surface area (Å²) in [5.74, 6) is -0.572. The van der Waals surface area contributed by atoms with Crippen molar-refractivity contribution in [2.24, 2.45) is 0 Å². The van der Waals surface area contributed by atoms with Crippen LogP contribution in [0.1, 0.15) is 29.2 Å². The molecule has 1 N–H and O–H groups in total. The van der Waals surface area contributed by atoms with Gasteiger partial charge in [-0.2, -0.15) is 0 Å². The molecular formula is C14H13Cl2NO3S. The van der Waals surface area contributed by atoms with Crippen LogP contribution in [0.25, 0.3) is 10.6 Å². The molecule has 0 bridgehead atoms. The van der Waals surface area contributed by atoms with Crippen molar-refractivity contribution in [3.05, 3.63) is 32.7 Å². The molecule has 0 amide bonds. The smallest absolute Gasteiger partial charge is 0.347 e. The minimum Gasteiger partial charge on any atom is -0.488 e. The Hall–Kier alpha value is -1.30. The zero-order chi connectivity index (χ0) is 15.7. The van der Waals surface area contributed by atoms with Gasteiger partial charge in [-0.1, -0.05) is 23.2 Å². The molecule has 1 aromatic heterocycles. The van der Waals surface area contributed by atoms with Crippen molar-refractivity contribution < 1.29 is 14.6 Å². The third-order valence-corrected chi connectivity index (χ3v) is 4.35. The molecule has 0 radical (unpaired) electrons. The van der Waals surface area contributed by atoms with E-state index in [1.54, 1.807) is 19.1 Å². The number of halogens is 2. The number of hydrogen-bond acceptors (Lipinski definition) is 4. The number of hydrogen-bond donors (Lipinski definition) is 1. The number of nitrogens with zero attached hydrogens (tertiary/aromatic N) is 1. The van der Waals surface area contributed by atoms with Gasteiger partial charge < -0.3 is 9.84 Å². The van der Waals surface area contributed by atoms with Crippen molar-refractivity contribution in [1.29, 1.82) is 0 Å². The van der Waals surface area contributed by atoms with Gasteiger partial charge in [-0.05, 0) is 32.9 Å². The third kappa shape index (κ3) is 3.48. The van der Waals surface area contributed by atoms with E-state index in [9.17, 15) is 4.79 Å². The van der Waals surface area contributed by atoms with E-state index in [1.807, 2.05) is 13.8 Å². The number of ether oxygens (including phenoxy) is 1. The molecule has 0 atom stereocenters. The summed E-state index contributed by atoms with van der Waals surface area (Å²) >= 11 is 13.5. The fourth-order valence-corrected chi connectivity index (χ4v) is 3.22. The number of aromatic nitrogens is 1. The number of carboxylic acids is 1. The van der Waals surface area contributed by atoms with Gasteiger partial charge in [0.2, 0.25) is 0 Å². The predicted octanol–water partition coefficient (Wildman–Crippen LogP) is 4.91. The molecule has 21 heavy (non-hydrogen) atoms. The number of carboxylic acid groups (broad SMARTS) is 1. The topological polar surface area (TPSA) is 59.4 Å². The molecule has 0 saturated carbocycles. The molecule has 1 aromatic carbocycles. The van der Waals surface area contributed by atoms with E-state index in [-0.39, 0.29) is 11.0 Å². The fraction of sp³-hybridized carbons (Fsp3) is 0.286. The molecule has 1 heterocycles. The standard InChI is InChI=1S/C14H13Cl2NO3S/c1-6(2)20-11-9(15)4-8(5-10(11)16)13-17-7(3)12(21-13)14(18)19/h4-6H,1-3H3,(H,18,19). The highest BCUT2D eigenvalue weighted by Gasteiger charge is 2.18. The largest absolute Gasteiger partial charge is 0.488 e. The maximum Gasteiger partial charge on any atom is 0.347 e. The normalized spacial score (nSPS) is 11.0. The van der Waals surface area contributed by atoms with E-state index in [0.29, 0.717) is 32.1 Å². The maximum absolute atomic E-state index is 11.1. The highest BCUT2D eigenvalue weighted by Crippen LogP contribution is 2.39. The van der Waals surface area contributed by atoms with Crippen LogP contribution in [0.15, 0.2) is 12.1 Å². The van der Waals surface area contributed by atoms with Gasteiger partial charge in [-0.25, -0.2) is 9.78 Å². The van der Waals surface area contributed by atoms with Crippen LogP contribution in [-0.2, 0) is 0 Å². The first-order chi connectivity index (χ1) is 9.79. The molecule has 0 spiro atoms. The van der Waals surface area contributed by atoms with E-state index in [1.165, 1.54) is 0 Å². The van der Waals surface area contributed by atoms with Crippen molar-refractivity contribution in [3.8, 4) is 16.3 Å². The summed E-state index contributed by atoms with van der Waals surface area (Å²) in [4.78, 5) is 15.5. The van der Waals surface area contributed by atoms with Crippen LogP contribution in [0.2, 0.25) is 10.0 Å². The average Bonchev–Trinajstić information content (AvgIpc) is 2.75. The number of carbonyl (C=O) groups is 1. The second-order valence-electron chi connectivity index (χ2n) is 4.67. The fourth-order valence-electron chi connectivity index (χ4n) is 1.75. The lowest BCUT2D eigenvalue weighted by Gasteiger charge is -2.13. The van der Waals surface area contributed by atoms with Crippen LogP contribution in [0.3, 0.4) is 0 Å². The second-order valence-corrected chi connectivity index (χ2v) is 6.49. The van der Waals surface area contributed by atoms with Crippen LogP contribution in [-0.4, -0.2) is 22.2 Å². The molecule has 2 aromatic rings. The van der Waals surface area contributed by atoms with Gasteiger partial charge in [0.15, 0.2) is 5.75 Å². The lowest BCUT2D eigenvalue weighted by atomic mass is 10.2. The Morgan fingerprint density at radius 3 is 2.33 bits per heavy atom. The van der Waals surface area contributed by atoms with Crippen LogP contribution < -0.4 is 4.74 Å². The van der Waals surface area contributed by atoms with Gasteiger partial charge in [0.25, 0.3) is 0 Å². The summed E-state index contributed by atoms with van der Waals surface area (Å²) in [5.41, 5.74) is 1.14. The minimum atomic E-state index is -0.992. The summed E-state index contributed by atoms with van der Waals surface area (Å²) in [7, 11) is 0. The van der Waals surface area contributed by atoms with Crippen LogP contribution in [0, 0.1) is 6.92 Å². The van der Waals surface area contributed by atoms with E-state index < -0.39 is 5.97 Å². The number of aryl methyl sites for hydroxylation is 1. The molecule has 0 aliphatic carbocycles. The lowest BCUT2D eigenvalue weighted by molar-refractivity contribution is 0.0701. The average molecular weight is 346 g/mol. The molecule has 0 fully saturated rings. The van der Waals surface area contributed by atoms with E-state index >= 15 is 0 Å². The zero-order valence-electron chi connectivity index (χ0n) is 11.6. The highest BCUT2D eigenvalue weighted by atomic mass is 35.5. The highest BCUT2D eigenvalue weighted by molar-refractivity contribution is 7.17. The summed E-state index contributed by atoms with van der Waals surface area (Å²) in [5, 5.41) is 10.4. The number of aromatic carboxylic acids is 1. The van der Waals surface area contributed by atoms with Gasteiger partial charge in [0.05, 0.1) is 21.8 Å². The lowest BCUT2D eigenvalue weighted by Crippen LogP contribution is -2.06. The summed E-state index contributed by atoms with van der Waals surface area (Å²) in [6, 6.07) is 3.35. The van der Waals surface area contributed by atoms with Gasteiger partial charge in [0, 0.05) is 5.56 Å². The van der Waals surface area contributed by atoms with Crippen molar-refractivity contribution in [2.75, 3.05) is 0 Å². The zero-order valence-corrected chi connectivity index (χ0v) is 13.9. The Labute approximate surface area is 136 Å². The van der Waals surface area contributed by atoms with Crippen molar-refractivity contribution in [2.45, 2.75) is 26.9 Å². The Morgan fingerprint density at radius 1 is 1.33 bits per heavy atom. The Balaban J connectivity index is 2.46. The molecular weight excluding hydrogens is 333 g/mol. The van der Waals surface area contributed by atoms with Gasteiger partial charge in [0.1, 0.15) is 9.88 Å². The van der Waals surface area contributed by atoms with Crippen LogP contribution in [0.4, 0.5) is 0 Å². The van der Waals surface area contributed by atoms with Crippen molar-refractivity contribution in [1.82, 2.24) is 4.98 Å². The van der Waals surface area contributed by atoms with Gasteiger partial charge in [-0.3, -0.25) is 0 Å². The summed E-state index contributed by atoms with van der Waals surface area (Å²) in [6.45, 7) is 5.41. The van der Waals surface area contributed by atoms with Gasteiger partial charge in [-0.15, -0.1) is 11.3 Å². The molecule has 112 valence electrons. The first-order valence-electron chi connectivity index (χ1n) is 6.16.